The second kappa shape index (κ2) is 10.5. The van der Waals surface area contributed by atoms with Crippen LogP contribution < -0.4 is 39.5 Å². The third kappa shape index (κ3) is 5.05. The summed E-state index contributed by atoms with van der Waals surface area (Å²) in [5, 5.41) is 8.00. The topological polar surface area (TPSA) is 73.2 Å². The van der Waals surface area contributed by atoms with Crippen molar-refractivity contribution in [3.05, 3.63) is 60.7 Å². The average molecular weight is 572 g/mol. The van der Waals surface area contributed by atoms with Gasteiger partial charge in [0.05, 0.1) is 0 Å². The summed E-state index contributed by atoms with van der Waals surface area (Å²) in [6.07, 6.45) is 0. The number of ether oxygens (including phenoxy) is 2. The van der Waals surface area contributed by atoms with E-state index in [0.717, 1.165) is 57.5 Å². The minimum absolute atomic E-state index is 0.349. The number of nitrogens with one attached hydrogen (secondary N) is 1. The van der Waals surface area contributed by atoms with Crippen LogP contribution in [-0.4, -0.2) is 50.4 Å². The van der Waals surface area contributed by atoms with Gasteiger partial charge >= 0.3 is 170 Å². The second-order valence-electron chi connectivity index (χ2n) is 7.73. The third-order valence-corrected chi connectivity index (χ3v) is 7.63. The van der Waals surface area contributed by atoms with E-state index in [1.165, 1.54) is 0 Å². The quantitative estimate of drug-likeness (QED) is 0.186. The van der Waals surface area contributed by atoms with Crippen LogP contribution in [0.15, 0.2) is 60.7 Å². The van der Waals surface area contributed by atoms with E-state index in [2.05, 4.69) is 29.0 Å². The van der Waals surface area contributed by atoms with E-state index in [-0.39, 0.29) is 21.6 Å². The fourth-order valence-electron chi connectivity index (χ4n) is 3.65. The first-order valence-corrected chi connectivity index (χ1v) is 13.8. The van der Waals surface area contributed by atoms with E-state index >= 15 is 0 Å². The SMILES string of the molecule is CCN(CC)C[I-]Oc1ccc(Nc2nc3cccc(-c4ccc5c(c4)OCCO5)n3n2)cc1. The molecule has 0 atom stereocenters. The Bertz CT molecular complexity index is 1260. The van der Waals surface area contributed by atoms with E-state index in [1.54, 1.807) is 0 Å². The molecule has 0 saturated heterocycles. The summed E-state index contributed by atoms with van der Waals surface area (Å²) in [5.41, 5.74) is 3.58. The van der Waals surface area contributed by atoms with Crippen LogP contribution in [0.25, 0.3) is 16.9 Å². The van der Waals surface area contributed by atoms with Crippen molar-refractivity contribution in [3.63, 3.8) is 0 Å². The molecule has 8 nitrogen and oxygen atoms in total. The molecule has 2 aromatic heterocycles. The van der Waals surface area contributed by atoms with Crippen LogP contribution in [0.5, 0.6) is 17.2 Å². The molecule has 4 aromatic rings. The van der Waals surface area contributed by atoms with Gasteiger partial charge in [-0.15, -0.1) is 0 Å². The van der Waals surface area contributed by atoms with E-state index < -0.39 is 0 Å². The predicted octanol–water partition coefficient (Wildman–Crippen LogP) is 1.59. The number of halogens is 1. The van der Waals surface area contributed by atoms with Gasteiger partial charge in [-0.1, -0.05) is 0 Å². The number of hydrogen-bond donors (Lipinski definition) is 1. The molecule has 0 radical (unpaired) electrons. The molecular formula is C25H27IN5O3-. The number of rotatable bonds is 9. The van der Waals surface area contributed by atoms with Gasteiger partial charge in [0.15, 0.2) is 11.5 Å². The van der Waals surface area contributed by atoms with Crippen LogP contribution in [-0.2, 0) is 0 Å². The fraction of sp³-hybridized carbons (Fsp3) is 0.280. The van der Waals surface area contributed by atoms with Crippen LogP contribution in [0, 0.1) is 0 Å². The van der Waals surface area contributed by atoms with Crippen molar-refractivity contribution >= 4 is 17.3 Å². The Morgan fingerprint density at radius 3 is 2.59 bits per heavy atom. The number of nitrogens with zero attached hydrogens (tertiary/aromatic N) is 4. The molecule has 0 aliphatic carbocycles. The standard InChI is InChI=1S/C25H27IN5O3/c1-3-30(4-2)17-26-34-20-11-9-19(10-12-20)27-25-28-24-7-5-6-21(31(24)29-25)18-8-13-22-23(16-18)33-15-14-32-22/h5-13,16H,3-4,14-15,17H2,1-2H3,(H,27,29)/q-1. The molecule has 0 bridgehead atoms. The van der Waals surface area contributed by atoms with Crippen molar-refractivity contribution in [2.75, 3.05) is 36.2 Å². The first-order valence-electron chi connectivity index (χ1n) is 11.3. The number of aromatic nitrogens is 3. The van der Waals surface area contributed by atoms with Gasteiger partial charge in [0.1, 0.15) is 13.2 Å². The van der Waals surface area contributed by atoms with Gasteiger partial charge in [0.25, 0.3) is 0 Å². The van der Waals surface area contributed by atoms with Gasteiger partial charge in [-0.3, -0.25) is 0 Å². The number of fused-ring (bicyclic) bond motifs is 2. The van der Waals surface area contributed by atoms with Crippen molar-refractivity contribution in [1.29, 1.82) is 0 Å². The molecule has 1 aliphatic heterocycles. The van der Waals surface area contributed by atoms with Gasteiger partial charge in [-0.05, 0) is 6.07 Å². The molecule has 0 unspecified atom stereocenters. The monoisotopic (exact) mass is 572 g/mol. The molecule has 0 spiro atoms. The Kier molecular flexibility index (Phi) is 7.00. The maximum absolute atomic E-state index is 5.98. The van der Waals surface area contributed by atoms with Crippen LogP contribution >= 0.6 is 0 Å². The summed E-state index contributed by atoms with van der Waals surface area (Å²) in [4.78, 5) is 7.03. The molecular weight excluding hydrogens is 545 g/mol. The summed E-state index contributed by atoms with van der Waals surface area (Å²) >= 11 is -0.349. The Labute approximate surface area is 209 Å². The summed E-state index contributed by atoms with van der Waals surface area (Å²) in [6.45, 7) is 7.61. The molecule has 34 heavy (non-hydrogen) atoms. The Morgan fingerprint density at radius 1 is 1.00 bits per heavy atom. The van der Waals surface area contributed by atoms with E-state index in [4.69, 9.17) is 17.6 Å². The zero-order valence-electron chi connectivity index (χ0n) is 19.2. The third-order valence-electron chi connectivity index (χ3n) is 5.56. The van der Waals surface area contributed by atoms with Gasteiger partial charge in [-0.25, -0.2) is 0 Å². The normalized spacial score (nSPS) is 12.9. The van der Waals surface area contributed by atoms with Crippen molar-refractivity contribution in [2.45, 2.75) is 13.8 Å². The Hall–Kier alpha value is -3.05. The number of pyridine rings is 1. The van der Waals surface area contributed by atoms with Gasteiger partial charge in [0.2, 0.25) is 0 Å². The number of benzene rings is 2. The molecule has 0 saturated carbocycles. The van der Waals surface area contributed by atoms with Crippen LogP contribution in [0.3, 0.4) is 0 Å². The van der Waals surface area contributed by atoms with Crippen molar-refractivity contribution in [1.82, 2.24) is 19.5 Å². The van der Waals surface area contributed by atoms with Crippen LogP contribution in [0.2, 0.25) is 0 Å². The molecule has 178 valence electrons. The molecule has 0 amide bonds. The fourth-order valence-corrected chi connectivity index (χ4v) is 5.80. The first-order chi connectivity index (χ1) is 16.7. The Balaban J connectivity index is 1.30. The molecule has 3 heterocycles. The molecule has 2 aromatic carbocycles. The van der Waals surface area contributed by atoms with Crippen LogP contribution in [0.4, 0.5) is 11.6 Å². The minimum atomic E-state index is -0.349. The number of hydrogen-bond acceptors (Lipinski definition) is 7. The van der Waals surface area contributed by atoms with Crippen molar-refractivity contribution in [3.8, 4) is 28.5 Å². The second-order valence-corrected chi connectivity index (χ2v) is 9.48. The first kappa shape index (κ1) is 22.7. The molecule has 0 fully saturated rings. The van der Waals surface area contributed by atoms with E-state index in [9.17, 15) is 0 Å². The summed E-state index contributed by atoms with van der Waals surface area (Å²) in [6, 6.07) is 19.8. The average Bonchev–Trinajstić information content (AvgIpc) is 3.30. The zero-order chi connectivity index (χ0) is 23.3. The number of alkyl halides is 1. The van der Waals surface area contributed by atoms with Gasteiger partial charge in [-0.2, -0.15) is 0 Å². The molecule has 9 heteroatoms. The molecule has 1 aliphatic rings. The Morgan fingerprint density at radius 2 is 1.79 bits per heavy atom. The van der Waals surface area contributed by atoms with Gasteiger partial charge < -0.3 is 9.47 Å². The summed E-state index contributed by atoms with van der Waals surface area (Å²) in [7, 11) is 0. The zero-order valence-corrected chi connectivity index (χ0v) is 21.4. The van der Waals surface area contributed by atoms with Crippen molar-refractivity contribution < 1.29 is 34.2 Å². The van der Waals surface area contributed by atoms with E-state index in [1.807, 2.05) is 65.2 Å². The number of anilines is 2. The molecule has 5 rings (SSSR count). The summed E-state index contributed by atoms with van der Waals surface area (Å²) in [5.74, 6) is 2.95. The molecule has 1 N–H and O–H groups in total. The predicted molar refractivity (Wildman–Crippen MR) is 128 cm³/mol. The van der Waals surface area contributed by atoms with E-state index in [0.29, 0.717) is 19.2 Å². The summed E-state index contributed by atoms with van der Waals surface area (Å²) < 4.78 is 20.2. The van der Waals surface area contributed by atoms with Gasteiger partial charge in [0, 0.05) is 0 Å². The van der Waals surface area contributed by atoms with Crippen LogP contribution in [0.1, 0.15) is 13.8 Å². The van der Waals surface area contributed by atoms with Crippen molar-refractivity contribution in [2.24, 2.45) is 0 Å². The maximum atomic E-state index is 5.98.